The molecular weight excluding hydrogens is 395 g/mol. The quantitative estimate of drug-likeness (QED) is 0.748. The molecule has 2 aromatic carbocycles. The smallest absolute Gasteiger partial charge is 0.370 e. The van der Waals surface area contributed by atoms with Crippen LogP contribution in [0.2, 0.25) is 0 Å². The second kappa shape index (κ2) is 7.66. The fraction of sp³-hybridized carbons (Fsp3) is 0.364. The van der Waals surface area contributed by atoms with Crippen molar-refractivity contribution < 1.29 is 22.8 Å². The molecule has 158 valence electrons. The lowest BCUT2D eigenvalue weighted by Crippen LogP contribution is -2.36. The molecule has 0 aromatic heterocycles. The number of hydrogen-bond acceptors (Lipinski definition) is 3. The lowest BCUT2D eigenvalue weighted by atomic mass is 10.0. The minimum Gasteiger partial charge on any atom is -0.370 e. The van der Waals surface area contributed by atoms with Gasteiger partial charge in [0.15, 0.2) is 5.78 Å². The molecule has 0 radical (unpaired) electrons. The van der Waals surface area contributed by atoms with E-state index in [1.807, 2.05) is 0 Å². The van der Waals surface area contributed by atoms with Crippen LogP contribution in [0.3, 0.4) is 0 Å². The first-order chi connectivity index (χ1) is 14.2. The van der Waals surface area contributed by atoms with Gasteiger partial charge in [0.2, 0.25) is 0 Å². The Bertz CT molecular complexity index is 962. The number of nitrogens with zero attached hydrogens (tertiary/aromatic N) is 2. The van der Waals surface area contributed by atoms with Crippen LogP contribution in [-0.2, 0) is 6.18 Å². The maximum atomic E-state index is 13.3. The number of fused-ring (bicyclic) bond motifs is 1. The second-order valence-corrected chi connectivity index (χ2v) is 7.88. The van der Waals surface area contributed by atoms with Crippen molar-refractivity contribution >= 4 is 23.2 Å². The Morgan fingerprint density at radius 3 is 2.17 bits per heavy atom. The van der Waals surface area contributed by atoms with E-state index in [1.54, 1.807) is 40.1 Å². The Morgan fingerprint density at radius 1 is 0.933 bits per heavy atom. The first kappa shape index (κ1) is 20.3. The van der Waals surface area contributed by atoms with Crippen LogP contribution in [0, 0.1) is 11.8 Å². The third kappa shape index (κ3) is 3.86. The molecule has 1 N–H and O–H groups in total. The predicted molar refractivity (Wildman–Crippen MR) is 108 cm³/mol. The highest BCUT2D eigenvalue weighted by Gasteiger charge is 2.44. The maximum Gasteiger partial charge on any atom is 0.418 e. The largest absolute Gasteiger partial charge is 0.418 e. The van der Waals surface area contributed by atoms with Gasteiger partial charge < -0.3 is 15.1 Å². The molecule has 5 nitrogen and oxygen atoms in total. The van der Waals surface area contributed by atoms with Gasteiger partial charge in [-0.25, -0.2) is 4.79 Å². The molecule has 8 heteroatoms. The number of ketones is 1. The normalized spacial score (nSPS) is 20.9. The minimum absolute atomic E-state index is 0.111. The summed E-state index contributed by atoms with van der Waals surface area (Å²) >= 11 is 0. The van der Waals surface area contributed by atoms with Crippen molar-refractivity contribution in [2.24, 2.45) is 11.8 Å². The van der Waals surface area contributed by atoms with Crippen LogP contribution in [0.5, 0.6) is 0 Å². The van der Waals surface area contributed by atoms with E-state index in [2.05, 4.69) is 5.32 Å². The van der Waals surface area contributed by atoms with E-state index in [4.69, 9.17) is 0 Å². The van der Waals surface area contributed by atoms with E-state index in [0.29, 0.717) is 37.4 Å². The number of carbonyl (C=O) groups excluding carboxylic acids is 2. The average Bonchev–Trinajstić information content (AvgIpc) is 3.27. The Hall–Kier alpha value is -3.03. The second-order valence-electron chi connectivity index (χ2n) is 7.88. The summed E-state index contributed by atoms with van der Waals surface area (Å²) in [5, 5.41) is 2.80. The molecule has 0 unspecified atom stereocenters. The van der Waals surface area contributed by atoms with Crippen molar-refractivity contribution in [2.45, 2.75) is 13.1 Å². The number of halogens is 3. The zero-order chi connectivity index (χ0) is 21.5. The van der Waals surface area contributed by atoms with Gasteiger partial charge in [-0.2, -0.15) is 13.2 Å². The molecule has 0 bridgehead atoms. The van der Waals surface area contributed by atoms with Gasteiger partial charge in [0.1, 0.15) is 0 Å². The highest BCUT2D eigenvalue weighted by Crippen LogP contribution is 2.40. The molecule has 2 aliphatic rings. The fourth-order valence-corrected chi connectivity index (χ4v) is 4.44. The number of urea groups is 1. The van der Waals surface area contributed by atoms with Crippen molar-refractivity contribution in [3.63, 3.8) is 0 Å². The van der Waals surface area contributed by atoms with Gasteiger partial charge in [-0.15, -0.1) is 0 Å². The van der Waals surface area contributed by atoms with Gasteiger partial charge in [0.05, 0.1) is 11.3 Å². The lowest BCUT2D eigenvalue weighted by molar-refractivity contribution is -0.137. The monoisotopic (exact) mass is 417 g/mol. The summed E-state index contributed by atoms with van der Waals surface area (Å²) in [6.07, 6.45) is -4.40. The van der Waals surface area contributed by atoms with Crippen LogP contribution in [-0.4, -0.2) is 42.9 Å². The molecule has 2 atom stereocenters. The highest BCUT2D eigenvalue weighted by atomic mass is 19.4. The number of benzene rings is 2. The van der Waals surface area contributed by atoms with Crippen molar-refractivity contribution in [2.75, 3.05) is 36.4 Å². The molecule has 4 rings (SSSR count). The zero-order valence-corrected chi connectivity index (χ0v) is 16.4. The van der Waals surface area contributed by atoms with E-state index in [0.717, 1.165) is 6.07 Å². The van der Waals surface area contributed by atoms with E-state index in [-0.39, 0.29) is 29.3 Å². The van der Waals surface area contributed by atoms with Gasteiger partial charge in [0, 0.05) is 49.3 Å². The van der Waals surface area contributed by atoms with E-state index in [9.17, 15) is 22.8 Å². The topological polar surface area (TPSA) is 52.7 Å². The predicted octanol–water partition coefficient (Wildman–Crippen LogP) is 4.51. The van der Waals surface area contributed by atoms with Crippen LogP contribution in [0.15, 0.2) is 48.5 Å². The summed E-state index contributed by atoms with van der Waals surface area (Å²) in [6.45, 7) is 3.35. The van der Waals surface area contributed by atoms with Crippen molar-refractivity contribution in [3.8, 4) is 0 Å². The summed E-state index contributed by atoms with van der Waals surface area (Å²) < 4.78 is 40.0. The van der Waals surface area contributed by atoms with E-state index < -0.39 is 11.7 Å². The summed E-state index contributed by atoms with van der Waals surface area (Å²) in [4.78, 5) is 27.9. The summed E-state index contributed by atoms with van der Waals surface area (Å²) in [7, 11) is 0. The molecule has 0 saturated carbocycles. The van der Waals surface area contributed by atoms with Crippen LogP contribution in [0.1, 0.15) is 22.8 Å². The Labute approximate surface area is 172 Å². The first-order valence-corrected chi connectivity index (χ1v) is 9.81. The average molecular weight is 417 g/mol. The first-order valence-electron chi connectivity index (χ1n) is 9.81. The van der Waals surface area contributed by atoms with Gasteiger partial charge in [0.25, 0.3) is 0 Å². The van der Waals surface area contributed by atoms with Crippen LogP contribution in [0.25, 0.3) is 0 Å². The number of amides is 2. The number of carbonyl (C=O) groups is 2. The Kier molecular flexibility index (Phi) is 5.17. The third-order valence-electron chi connectivity index (χ3n) is 5.87. The maximum absolute atomic E-state index is 13.3. The number of rotatable bonds is 3. The van der Waals surface area contributed by atoms with Gasteiger partial charge in [-0.3, -0.25) is 4.79 Å². The summed E-state index contributed by atoms with van der Waals surface area (Å²) in [5.74, 6) is 0.0864. The highest BCUT2D eigenvalue weighted by molar-refractivity contribution is 6.03. The zero-order valence-electron chi connectivity index (χ0n) is 16.4. The van der Waals surface area contributed by atoms with Crippen LogP contribution < -0.4 is 10.2 Å². The SMILES string of the molecule is CC(=O)c1ccccc1NC(=O)N1C[C@@H]2CN(c3ccccc3C(F)(F)F)C[C@@H]2C1. The molecule has 2 saturated heterocycles. The number of para-hydroxylation sites is 2. The van der Waals surface area contributed by atoms with Crippen LogP contribution in [0.4, 0.5) is 29.3 Å². The number of hydrogen-bond donors (Lipinski definition) is 1. The van der Waals surface area contributed by atoms with E-state index >= 15 is 0 Å². The fourth-order valence-electron chi connectivity index (χ4n) is 4.44. The molecule has 2 amide bonds. The van der Waals surface area contributed by atoms with Gasteiger partial charge in [-0.05, 0) is 31.2 Å². The molecule has 0 spiro atoms. The lowest BCUT2D eigenvalue weighted by Gasteiger charge is -2.26. The van der Waals surface area contributed by atoms with Crippen LogP contribution >= 0.6 is 0 Å². The minimum atomic E-state index is -4.40. The number of alkyl halides is 3. The number of anilines is 2. The molecule has 2 aliphatic heterocycles. The Morgan fingerprint density at radius 2 is 1.53 bits per heavy atom. The van der Waals surface area contributed by atoms with Gasteiger partial charge >= 0.3 is 12.2 Å². The van der Waals surface area contributed by atoms with Crippen molar-refractivity contribution in [3.05, 3.63) is 59.7 Å². The molecule has 30 heavy (non-hydrogen) atoms. The number of Topliss-reactive ketones (excluding diaryl/α,β-unsaturated/α-hetero) is 1. The molecule has 2 heterocycles. The van der Waals surface area contributed by atoms with Crippen molar-refractivity contribution in [1.29, 1.82) is 0 Å². The molecule has 2 aromatic rings. The van der Waals surface area contributed by atoms with Gasteiger partial charge in [-0.1, -0.05) is 24.3 Å². The summed E-state index contributed by atoms with van der Waals surface area (Å²) in [6, 6.07) is 12.2. The third-order valence-corrected chi connectivity index (χ3v) is 5.87. The molecule has 2 fully saturated rings. The number of nitrogens with one attached hydrogen (secondary N) is 1. The van der Waals surface area contributed by atoms with E-state index in [1.165, 1.54) is 19.1 Å². The molecular formula is C22H22F3N3O2. The summed E-state index contributed by atoms with van der Waals surface area (Å²) in [5.41, 5.74) is 0.485. The number of likely N-dealkylation sites (tertiary alicyclic amines) is 1. The molecule has 0 aliphatic carbocycles. The van der Waals surface area contributed by atoms with Crippen molar-refractivity contribution in [1.82, 2.24) is 4.90 Å². The standard InChI is InChI=1S/C22H22F3N3O2/c1-14(29)17-6-2-4-8-19(17)26-21(30)28-12-15-10-27(11-16(15)13-28)20-9-5-3-7-18(20)22(23,24)25/h2-9,15-16H,10-13H2,1H3,(H,26,30)/t15-,16+. The Balaban J connectivity index is 1.42.